The number of aromatic nitrogens is 1. The second kappa shape index (κ2) is 7.35. The molecule has 0 fully saturated rings. The third-order valence-electron chi connectivity index (χ3n) is 2.84. The predicted octanol–water partition coefficient (Wildman–Crippen LogP) is 5.59. The van der Waals surface area contributed by atoms with Crippen molar-refractivity contribution in [1.82, 2.24) is 4.98 Å². The molecule has 0 aliphatic heterocycles. The Morgan fingerprint density at radius 2 is 2.13 bits per heavy atom. The number of hydrogen-bond acceptors (Lipinski definition) is 6. The van der Waals surface area contributed by atoms with Crippen molar-refractivity contribution in [2.24, 2.45) is 0 Å². The molecule has 4 nitrogen and oxygen atoms in total. The van der Waals surface area contributed by atoms with Crippen molar-refractivity contribution < 1.29 is 9.90 Å². The van der Waals surface area contributed by atoms with Crippen molar-refractivity contribution in [3.8, 4) is 0 Å². The number of halogens is 1. The summed E-state index contributed by atoms with van der Waals surface area (Å²) in [6.45, 7) is 0. The Bertz CT molecular complexity index is 832. The zero-order valence-corrected chi connectivity index (χ0v) is 14.9. The number of rotatable bonds is 6. The molecular formula is C15H11ClN2O2S3. The van der Waals surface area contributed by atoms with Crippen LogP contribution in [0.25, 0.3) is 0 Å². The Labute approximate surface area is 150 Å². The molecule has 0 aliphatic rings. The fraction of sp³-hybridized carbons (Fsp3) is 0.0667. The number of carboxylic acid groups (broad SMARTS) is 1. The standard InChI is InChI=1S/C15H11ClN2O2S3/c16-11-3-1-2-4-12(11)18-15-17-9(7-23-15)6-21-10-5-13(14(19)20)22-8-10/h1-5,7-8H,6H2,(H,17,18)(H,19,20). The van der Waals surface area contributed by atoms with E-state index in [1.807, 2.05) is 35.0 Å². The lowest BCUT2D eigenvalue weighted by Gasteiger charge is -2.03. The van der Waals surface area contributed by atoms with E-state index in [0.717, 1.165) is 21.4 Å². The fourth-order valence-electron chi connectivity index (χ4n) is 1.77. The lowest BCUT2D eigenvalue weighted by atomic mass is 10.3. The summed E-state index contributed by atoms with van der Waals surface area (Å²) in [7, 11) is 0. The molecule has 2 N–H and O–H groups in total. The van der Waals surface area contributed by atoms with Gasteiger partial charge in [0.2, 0.25) is 0 Å². The topological polar surface area (TPSA) is 62.2 Å². The van der Waals surface area contributed by atoms with Crippen LogP contribution in [0, 0.1) is 0 Å². The molecule has 2 aromatic heterocycles. The van der Waals surface area contributed by atoms with E-state index in [-0.39, 0.29) is 0 Å². The first-order chi connectivity index (χ1) is 11.1. The highest BCUT2D eigenvalue weighted by molar-refractivity contribution is 7.98. The Balaban J connectivity index is 1.61. The van der Waals surface area contributed by atoms with Gasteiger partial charge in [-0.2, -0.15) is 0 Å². The van der Waals surface area contributed by atoms with Crippen LogP contribution in [0.4, 0.5) is 10.8 Å². The van der Waals surface area contributed by atoms with E-state index in [0.29, 0.717) is 15.7 Å². The van der Waals surface area contributed by atoms with Crippen LogP contribution >= 0.6 is 46.0 Å². The zero-order chi connectivity index (χ0) is 16.2. The highest BCUT2D eigenvalue weighted by Gasteiger charge is 2.09. The number of nitrogens with zero attached hydrogens (tertiary/aromatic N) is 1. The highest BCUT2D eigenvalue weighted by Crippen LogP contribution is 2.30. The molecule has 0 bridgehead atoms. The molecule has 3 aromatic rings. The second-order valence-corrected chi connectivity index (χ2v) is 7.71. The summed E-state index contributed by atoms with van der Waals surface area (Å²) in [6.07, 6.45) is 0. The molecule has 0 saturated carbocycles. The van der Waals surface area contributed by atoms with Gasteiger partial charge in [-0.05, 0) is 18.2 Å². The number of thiophene rings is 1. The minimum atomic E-state index is -0.887. The summed E-state index contributed by atoms with van der Waals surface area (Å²) in [6, 6.07) is 9.20. The number of aromatic carboxylic acids is 1. The van der Waals surface area contributed by atoms with Crippen LogP contribution in [-0.4, -0.2) is 16.1 Å². The lowest BCUT2D eigenvalue weighted by Crippen LogP contribution is -1.91. The Morgan fingerprint density at radius 3 is 2.87 bits per heavy atom. The van der Waals surface area contributed by atoms with Crippen LogP contribution in [0.1, 0.15) is 15.4 Å². The average Bonchev–Trinajstić information content (AvgIpc) is 3.17. The number of benzene rings is 1. The molecule has 0 aliphatic carbocycles. The molecule has 23 heavy (non-hydrogen) atoms. The lowest BCUT2D eigenvalue weighted by molar-refractivity contribution is 0.0702. The molecule has 0 spiro atoms. The molecule has 0 saturated heterocycles. The largest absolute Gasteiger partial charge is 0.477 e. The van der Waals surface area contributed by atoms with E-state index in [1.54, 1.807) is 17.8 Å². The predicted molar refractivity (Wildman–Crippen MR) is 97.7 cm³/mol. The van der Waals surface area contributed by atoms with Gasteiger partial charge in [0.15, 0.2) is 5.13 Å². The normalized spacial score (nSPS) is 10.7. The third-order valence-corrected chi connectivity index (χ3v) is 6.05. The Kier molecular flexibility index (Phi) is 5.22. The third kappa shape index (κ3) is 4.26. The number of hydrogen-bond donors (Lipinski definition) is 2. The number of thioether (sulfide) groups is 1. The van der Waals surface area contributed by atoms with Gasteiger partial charge in [0.25, 0.3) is 0 Å². The molecule has 8 heteroatoms. The van der Waals surface area contributed by atoms with Crippen LogP contribution in [0.3, 0.4) is 0 Å². The summed E-state index contributed by atoms with van der Waals surface area (Å²) in [5, 5.41) is 17.4. The van der Waals surface area contributed by atoms with Crippen LogP contribution in [0.2, 0.25) is 5.02 Å². The quantitative estimate of drug-likeness (QED) is 0.544. The first-order valence-corrected chi connectivity index (χ1v) is 9.64. The van der Waals surface area contributed by atoms with Crippen LogP contribution < -0.4 is 5.32 Å². The number of anilines is 2. The first kappa shape index (κ1) is 16.3. The SMILES string of the molecule is O=C(O)c1cc(SCc2csc(Nc3ccccc3Cl)n2)cs1. The minimum absolute atomic E-state index is 0.354. The summed E-state index contributed by atoms with van der Waals surface area (Å²) in [4.78, 5) is 16.7. The monoisotopic (exact) mass is 382 g/mol. The van der Waals surface area contributed by atoms with Crippen LogP contribution in [0.5, 0.6) is 0 Å². The van der Waals surface area contributed by atoms with Gasteiger partial charge in [0.05, 0.1) is 16.4 Å². The van der Waals surface area contributed by atoms with Gasteiger partial charge in [-0.1, -0.05) is 23.7 Å². The molecule has 118 valence electrons. The fourth-order valence-corrected chi connectivity index (χ4v) is 4.55. The maximum Gasteiger partial charge on any atom is 0.345 e. The van der Waals surface area contributed by atoms with Gasteiger partial charge in [-0.25, -0.2) is 9.78 Å². The number of thiazole rings is 1. The molecule has 0 amide bonds. The molecule has 0 radical (unpaired) electrons. The van der Waals surface area contributed by atoms with E-state index >= 15 is 0 Å². The maximum absolute atomic E-state index is 10.9. The van der Waals surface area contributed by atoms with Gasteiger partial charge in [-0.3, -0.25) is 0 Å². The van der Waals surface area contributed by atoms with Crippen molar-refractivity contribution >= 4 is 62.8 Å². The average molecular weight is 383 g/mol. The van der Waals surface area contributed by atoms with E-state index in [9.17, 15) is 4.79 Å². The molecule has 2 heterocycles. The van der Waals surface area contributed by atoms with E-state index in [2.05, 4.69) is 10.3 Å². The molecule has 0 unspecified atom stereocenters. The minimum Gasteiger partial charge on any atom is -0.477 e. The van der Waals surface area contributed by atoms with E-state index < -0.39 is 5.97 Å². The summed E-state index contributed by atoms with van der Waals surface area (Å²) < 4.78 is 0. The smallest absolute Gasteiger partial charge is 0.345 e. The van der Waals surface area contributed by atoms with Gasteiger partial charge >= 0.3 is 5.97 Å². The van der Waals surface area contributed by atoms with Crippen LogP contribution in [-0.2, 0) is 5.75 Å². The van der Waals surface area contributed by atoms with E-state index in [1.165, 1.54) is 22.7 Å². The summed E-state index contributed by atoms with van der Waals surface area (Å²) in [5.74, 6) is -0.196. The van der Waals surface area contributed by atoms with Crippen molar-refractivity contribution in [2.45, 2.75) is 10.6 Å². The molecule has 1 aromatic carbocycles. The Hall–Kier alpha value is -1.54. The number of carboxylic acids is 1. The highest BCUT2D eigenvalue weighted by atomic mass is 35.5. The molecule has 0 atom stereocenters. The zero-order valence-electron chi connectivity index (χ0n) is 11.7. The Morgan fingerprint density at radius 1 is 1.30 bits per heavy atom. The first-order valence-electron chi connectivity index (χ1n) is 6.52. The van der Waals surface area contributed by atoms with Gasteiger partial charge in [-0.15, -0.1) is 34.4 Å². The number of nitrogens with one attached hydrogen (secondary N) is 1. The number of carbonyl (C=O) groups is 1. The van der Waals surface area contributed by atoms with Crippen molar-refractivity contribution in [3.05, 3.63) is 56.7 Å². The van der Waals surface area contributed by atoms with Gasteiger partial charge < -0.3 is 10.4 Å². The number of para-hydroxylation sites is 1. The maximum atomic E-state index is 10.9. The second-order valence-electron chi connectivity index (χ2n) is 4.49. The summed E-state index contributed by atoms with van der Waals surface area (Å²) in [5.41, 5.74) is 1.77. The van der Waals surface area contributed by atoms with Gasteiger partial charge in [0, 0.05) is 21.4 Å². The summed E-state index contributed by atoms with van der Waals surface area (Å²) >= 11 is 10.4. The van der Waals surface area contributed by atoms with Crippen molar-refractivity contribution in [1.29, 1.82) is 0 Å². The van der Waals surface area contributed by atoms with Crippen molar-refractivity contribution in [2.75, 3.05) is 5.32 Å². The van der Waals surface area contributed by atoms with E-state index in [4.69, 9.17) is 16.7 Å². The van der Waals surface area contributed by atoms with Gasteiger partial charge in [0.1, 0.15) is 4.88 Å². The molecular weight excluding hydrogens is 372 g/mol. The van der Waals surface area contributed by atoms with Crippen LogP contribution in [0.15, 0.2) is 46.0 Å². The molecule has 3 rings (SSSR count). The van der Waals surface area contributed by atoms with Crippen molar-refractivity contribution in [3.63, 3.8) is 0 Å².